The Morgan fingerprint density at radius 2 is 2.05 bits per heavy atom. The summed E-state index contributed by atoms with van der Waals surface area (Å²) >= 11 is 0. The summed E-state index contributed by atoms with van der Waals surface area (Å²) in [5, 5.41) is 2.06. The molecular formula is C11H24ClN3O3S. The van der Waals surface area contributed by atoms with Crippen LogP contribution in [0.25, 0.3) is 0 Å². The van der Waals surface area contributed by atoms with E-state index in [4.69, 9.17) is 0 Å². The summed E-state index contributed by atoms with van der Waals surface area (Å²) in [6.07, 6.45) is 0.850. The molecular weight excluding hydrogens is 290 g/mol. The third-order valence-electron chi connectivity index (χ3n) is 3.34. The van der Waals surface area contributed by atoms with Crippen LogP contribution in [-0.4, -0.2) is 69.6 Å². The highest BCUT2D eigenvalue weighted by molar-refractivity contribution is 7.90. The summed E-state index contributed by atoms with van der Waals surface area (Å²) in [5.41, 5.74) is 0. The SMILES string of the molecule is CNCC1CCN(S(=O)(=O)C(C)C(=O)N(C)C)C1.Cl. The second-order valence-corrected chi connectivity index (χ2v) is 7.24. The number of hydrogen-bond donors (Lipinski definition) is 1. The molecule has 2 atom stereocenters. The Morgan fingerprint density at radius 3 is 2.53 bits per heavy atom. The van der Waals surface area contributed by atoms with Crippen molar-refractivity contribution in [3.8, 4) is 0 Å². The van der Waals surface area contributed by atoms with Crippen molar-refractivity contribution < 1.29 is 13.2 Å². The van der Waals surface area contributed by atoms with Crippen molar-refractivity contribution in [2.45, 2.75) is 18.6 Å². The van der Waals surface area contributed by atoms with E-state index in [2.05, 4.69) is 5.32 Å². The maximum Gasteiger partial charge on any atom is 0.241 e. The zero-order chi connectivity index (χ0) is 13.9. The van der Waals surface area contributed by atoms with Gasteiger partial charge in [-0.1, -0.05) is 0 Å². The number of carbonyl (C=O) groups excluding carboxylic acids is 1. The zero-order valence-electron chi connectivity index (χ0n) is 11.9. The summed E-state index contributed by atoms with van der Waals surface area (Å²) < 4.78 is 26.0. The van der Waals surface area contributed by atoms with Crippen molar-refractivity contribution in [1.82, 2.24) is 14.5 Å². The fourth-order valence-electron chi connectivity index (χ4n) is 2.20. The van der Waals surface area contributed by atoms with Gasteiger partial charge >= 0.3 is 0 Å². The van der Waals surface area contributed by atoms with Gasteiger partial charge in [-0.3, -0.25) is 4.79 Å². The molecule has 2 unspecified atom stereocenters. The Kier molecular flexibility index (Phi) is 7.28. The van der Waals surface area contributed by atoms with Crippen molar-refractivity contribution in [1.29, 1.82) is 0 Å². The van der Waals surface area contributed by atoms with Crippen molar-refractivity contribution in [2.75, 3.05) is 40.8 Å². The molecule has 8 heteroatoms. The fraction of sp³-hybridized carbons (Fsp3) is 0.909. The van der Waals surface area contributed by atoms with Crippen LogP contribution in [0.1, 0.15) is 13.3 Å². The minimum Gasteiger partial charge on any atom is -0.348 e. The summed E-state index contributed by atoms with van der Waals surface area (Å²) in [6, 6.07) is 0. The number of nitrogens with one attached hydrogen (secondary N) is 1. The molecule has 114 valence electrons. The van der Waals surface area contributed by atoms with E-state index >= 15 is 0 Å². The Hall–Kier alpha value is -0.370. The third kappa shape index (κ3) is 4.30. The molecule has 6 nitrogen and oxygen atoms in total. The Bertz CT molecular complexity index is 400. The van der Waals surface area contributed by atoms with Gasteiger partial charge in [-0.15, -0.1) is 12.4 Å². The third-order valence-corrected chi connectivity index (χ3v) is 5.48. The van der Waals surface area contributed by atoms with Gasteiger partial charge in [0.2, 0.25) is 15.9 Å². The van der Waals surface area contributed by atoms with E-state index in [0.29, 0.717) is 19.0 Å². The van der Waals surface area contributed by atoms with Crippen molar-refractivity contribution in [3.63, 3.8) is 0 Å². The summed E-state index contributed by atoms with van der Waals surface area (Å²) in [4.78, 5) is 13.1. The van der Waals surface area contributed by atoms with E-state index in [1.165, 1.54) is 16.1 Å². The van der Waals surface area contributed by atoms with Crippen LogP contribution in [0.15, 0.2) is 0 Å². The van der Waals surface area contributed by atoms with Crippen molar-refractivity contribution >= 4 is 28.3 Å². The van der Waals surface area contributed by atoms with Crippen LogP contribution in [-0.2, 0) is 14.8 Å². The molecule has 0 spiro atoms. The van der Waals surface area contributed by atoms with Gasteiger partial charge in [0, 0.05) is 27.2 Å². The lowest BCUT2D eigenvalue weighted by atomic mass is 10.1. The van der Waals surface area contributed by atoms with E-state index in [1.54, 1.807) is 14.1 Å². The van der Waals surface area contributed by atoms with E-state index < -0.39 is 15.3 Å². The molecule has 0 aromatic rings. The highest BCUT2D eigenvalue weighted by Gasteiger charge is 2.38. The topological polar surface area (TPSA) is 69.7 Å². The average molecular weight is 314 g/mol. The van der Waals surface area contributed by atoms with Gasteiger partial charge in [0.05, 0.1) is 0 Å². The quantitative estimate of drug-likeness (QED) is 0.760. The lowest BCUT2D eigenvalue weighted by Crippen LogP contribution is -2.44. The van der Waals surface area contributed by atoms with E-state index in [-0.39, 0.29) is 18.3 Å². The molecule has 1 aliphatic heterocycles. The number of halogens is 1. The first kappa shape index (κ1) is 18.6. The second kappa shape index (κ2) is 7.42. The van der Waals surface area contributed by atoms with E-state index in [9.17, 15) is 13.2 Å². The van der Waals surface area contributed by atoms with Gasteiger partial charge in [-0.25, -0.2) is 12.7 Å². The standard InChI is InChI=1S/C11H23N3O3S.ClH/c1-9(11(15)13(3)4)18(16,17)14-6-5-10(8-14)7-12-2;/h9-10,12H,5-8H2,1-4H3;1H. The van der Waals surface area contributed by atoms with Crippen molar-refractivity contribution in [3.05, 3.63) is 0 Å². The second-order valence-electron chi connectivity index (χ2n) is 4.99. The number of amides is 1. The Morgan fingerprint density at radius 1 is 1.47 bits per heavy atom. The molecule has 0 saturated carbocycles. The first-order chi connectivity index (χ1) is 8.30. The molecule has 1 amide bonds. The Labute approximate surface area is 122 Å². The van der Waals surface area contributed by atoms with E-state index in [0.717, 1.165) is 13.0 Å². The first-order valence-corrected chi connectivity index (χ1v) is 7.65. The monoisotopic (exact) mass is 313 g/mol. The maximum absolute atomic E-state index is 12.3. The van der Waals surface area contributed by atoms with Crippen LogP contribution in [0.3, 0.4) is 0 Å². The molecule has 0 radical (unpaired) electrons. The van der Waals surface area contributed by atoms with Gasteiger partial charge < -0.3 is 10.2 Å². The van der Waals surface area contributed by atoms with Crippen LogP contribution in [0.5, 0.6) is 0 Å². The maximum atomic E-state index is 12.3. The highest BCUT2D eigenvalue weighted by atomic mass is 35.5. The minimum absolute atomic E-state index is 0. The molecule has 0 aromatic carbocycles. The predicted octanol–water partition coefficient (Wildman–Crippen LogP) is -0.244. The number of carbonyl (C=O) groups is 1. The van der Waals surface area contributed by atoms with Crippen LogP contribution in [0.4, 0.5) is 0 Å². The minimum atomic E-state index is -3.52. The molecule has 1 heterocycles. The molecule has 1 rings (SSSR count). The lowest BCUT2D eigenvalue weighted by molar-refractivity contribution is -0.128. The summed E-state index contributed by atoms with van der Waals surface area (Å²) in [7, 11) is 1.48. The van der Waals surface area contributed by atoms with E-state index in [1.807, 2.05) is 7.05 Å². The highest BCUT2D eigenvalue weighted by Crippen LogP contribution is 2.21. The number of hydrogen-bond acceptors (Lipinski definition) is 4. The van der Waals surface area contributed by atoms with Gasteiger partial charge in [0.25, 0.3) is 0 Å². The lowest BCUT2D eigenvalue weighted by Gasteiger charge is -2.23. The molecule has 1 aliphatic rings. The van der Waals surface area contributed by atoms with Gasteiger partial charge in [0.1, 0.15) is 0 Å². The number of sulfonamides is 1. The molecule has 1 saturated heterocycles. The van der Waals surface area contributed by atoms with Gasteiger partial charge in [-0.05, 0) is 32.9 Å². The molecule has 1 fully saturated rings. The van der Waals surface area contributed by atoms with Crippen LogP contribution >= 0.6 is 12.4 Å². The molecule has 19 heavy (non-hydrogen) atoms. The summed E-state index contributed by atoms with van der Waals surface area (Å²) in [5.74, 6) is -0.0292. The van der Waals surface area contributed by atoms with Crippen LogP contribution < -0.4 is 5.32 Å². The zero-order valence-corrected chi connectivity index (χ0v) is 13.6. The molecule has 0 bridgehead atoms. The molecule has 1 N–H and O–H groups in total. The van der Waals surface area contributed by atoms with Gasteiger partial charge in [-0.2, -0.15) is 0 Å². The van der Waals surface area contributed by atoms with Gasteiger partial charge in [0.15, 0.2) is 5.25 Å². The summed E-state index contributed by atoms with van der Waals surface area (Å²) in [6.45, 7) is 3.29. The number of nitrogens with zero attached hydrogens (tertiary/aromatic N) is 2. The van der Waals surface area contributed by atoms with Crippen LogP contribution in [0, 0.1) is 5.92 Å². The molecule has 0 aromatic heterocycles. The van der Waals surface area contributed by atoms with Crippen LogP contribution in [0.2, 0.25) is 0 Å². The Balaban J connectivity index is 0.00000324. The largest absolute Gasteiger partial charge is 0.348 e. The smallest absolute Gasteiger partial charge is 0.241 e. The predicted molar refractivity (Wildman–Crippen MR) is 77.9 cm³/mol. The fourth-order valence-corrected chi connectivity index (χ4v) is 3.89. The number of rotatable bonds is 5. The molecule has 0 aliphatic carbocycles. The first-order valence-electron chi connectivity index (χ1n) is 6.15. The average Bonchev–Trinajstić information content (AvgIpc) is 2.76. The normalized spacial score (nSPS) is 21.8. The van der Waals surface area contributed by atoms with Crippen molar-refractivity contribution in [2.24, 2.45) is 5.92 Å².